The van der Waals surface area contributed by atoms with Crippen molar-refractivity contribution in [3.05, 3.63) is 47.8 Å². The molecule has 2 aliphatic rings. The van der Waals surface area contributed by atoms with Crippen LogP contribution in [0.4, 0.5) is 4.79 Å². The molecule has 1 aromatic carbocycles. The Morgan fingerprint density at radius 2 is 2.10 bits per heavy atom. The molecule has 1 saturated heterocycles. The summed E-state index contributed by atoms with van der Waals surface area (Å²) in [7, 11) is 0. The molecule has 6 nitrogen and oxygen atoms in total. The fraction of sp³-hybridized carbons (Fsp3) is 0.435. The first kappa shape index (κ1) is 18.2. The molecule has 3 aromatic rings. The highest BCUT2D eigenvalue weighted by molar-refractivity contribution is 5.83. The van der Waals surface area contributed by atoms with Crippen molar-refractivity contribution in [1.82, 2.24) is 25.0 Å². The molecule has 29 heavy (non-hydrogen) atoms. The number of hydrogen-bond donors (Lipinski definition) is 1. The van der Waals surface area contributed by atoms with Crippen LogP contribution in [0.25, 0.3) is 22.2 Å². The molecule has 150 valence electrons. The number of fused-ring (bicyclic) bond motifs is 3. The lowest BCUT2D eigenvalue weighted by Crippen LogP contribution is -2.42. The van der Waals surface area contributed by atoms with Gasteiger partial charge in [-0.2, -0.15) is 5.10 Å². The van der Waals surface area contributed by atoms with Gasteiger partial charge in [0.05, 0.1) is 11.2 Å². The van der Waals surface area contributed by atoms with Crippen LogP contribution in [0.2, 0.25) is 0 Å². The smallest absolute Gasteiger partial charge is 0.317 e. The molecule has 2 aliphatic heterocycles. The number of carbonyl (C=O) groups is 1. The van der Waals surface area contributed by atoms with Crippen LogP contribution < -0.4 is 5.32 Å². The molecule has 2 amide bonds. The maximum absolute atomic E-state index is 12.3. The Hall–Kier alpha value is -2.89. The number of urea groups is 1. The largest absolute Gasteiger partial charge is 0.338 e. The van der Waals surface area contributed by atoms with Gasteiger partial charge in [-0.25, -0.2) is 4.79 Å². The molecule has 1 N–H and O–H groups in total. The van der Waals surface area contributed by atoms with Crippen LogP contribution in [-0.4, -0.2) is 45.3 Å². The van der Waals surface area contributed by atoms with Gasteiger partial charge in [0.2, 0.25) is 0 Å². The Kier molecular flexibility index (Phi) is 4.30. The molecular formula is C23H27N5O. The van der Waals surface area contributed by atoms with Gasteiger partial charge in [-0.3, -0.25) is 9.67 Å². The van der Waals surface area contributed by atoms with Gasteiger partial charge < -0.3 is 10.2 Å². The molecule has 2 aromatic heterocycles. The number of aryl methyl sites for hydroxylation is 2. The predicted molar refractivity (Wildman–Crippen MR) is 114 cm³/mol. The molecule has 0 bridgehead atoms. The number of aromatic nitrogens is 3. The van der Waals surface area contributed by atoms with Crippen LogP contribution in [0, 0.1) is 6.92 Å². The summed E-state index contributed by atoms with van der Waals surface area (Å²) in [6, 6.07) is 10.8. The van der Waals surface area contributed by atoms with Crippen LogP contribution in [0.1, 0.15) is 37.4 Å². The van der Waals surface area contributed by atoms with Gasteiger partial charge in [-0.15, -0.1) is 0 Å². The molecule has 5 rings (SSSR count). The second-order valence-corrected chi connectivity index (χ2v) is 8.45. The van der Waals surface area contributed by atoms with E-state index < -0.39 is 0 Å². The molecule has 0 radical (unpaired) electrons. The molecular weight excluding hydrogens is 362 g/mol. The second-order valence-electron chi connectivity index (χ2n) is 8.45. The van der Waals surface area contributed by atoms with E-state index in [9.17, 15) is 4.79 Å². The van der Waals surface area contributed by atoms with Crippen LogP contribution in [0.15, 0.2) is 36.5 Å². The quantitative estimate of drug-likeness (QED) is 0.724. The van der Waals surface area contributed by atoms with Crippen molar-refractivity contribution in [2.24, 2.45) is 0 Å². The minimum atomic E-state index is 0.0233. The molecule has 1 atom stereocenters. The predicted octanol–water partition coefficient (Wildman–Crippen LogP) is 3.87. The molecule has 1 spiro atoms. The van der Waals surface area contributed by atoms with Gasteiger partial charge in [-0.05, 0) is 57.4 Å². The summed E-state index contributed by atoms with van der Waals surface area (Å²) in [6.45, 7) is 7.26. The monoisotopic (exact) mass is 389 g/mol. The third-order valence-electron chi connectivity index (χ3n) is 6.45. The molecule has 0 aliphatic carbocycles. The normalized spacial score (nSPS) is 21.0. The van der Waals surface area contributed by atoms with Gasteiger partial charge in [0.25, 0.3) is 0 Å². The molecule has 1 fully saturated rings. The van der Waals surface area contributed by atoms with Crippen LogP contribution >= 0.6 is 0 Å². The number of likely N-dealkylation sites (tertiary alicyclic amines) is 1. The zero-order chi connectivity index (χ0) is 20.0. The summed E-state index contributed by atoms with van der Waals surface area (Å²) in [5, 5.41) is 9.02. The van der Waals surface area contributed by atoms with Crippen molar-refractivity contribution in [3.63, 3.8) is 0 Å². The number of benzene rings is 1. The first-order chi connectivity index (χ1) is 14.1. The van der Waals surface area contributed by atoms with Crippen LogP contribution in [0.5, 0.6) is 0 Å². The first-order valence-electron chi connectivity index (χ1n) is 10.6. The first-order valence-corrected chi connectivity index (χ1v) is 10.6. The average Bonchev–Trinajstić information content (AvgIpc) is 3.34. The lowest BCUT2D eigenvalue weighted by molar-refractivity contribution is 0.203. The van der Waals surface area contributed by atoms with Gasteiger partial charge in [0.1, 0.15) is 0 Å². The van der Waals surface area contributed by atoms with E-state index in [1.54, 1.807) is 0 Å². The number of pyridine rings is 1. The Balaban J connectivity index is 1.50. The summed E-state index contributed by atoms with van der Waals surface area (Å²) in [6.07, 6.45) is 5.15. The fourth-order valence-corrected chi connectivity index (χ4v) is 4.96. The molecule has 0 saturated carbocycles. The number of carbonyl (C=O) groups excluding carboxylic acids is 1. The summed E-state index contributed by atoms with van der Waals surface area (Å²) in [4.78, 5) is 18.9. The van der Waals surface area contributed by atoms with Crippen molar-refractivity contribution < 1.29 is 4.79 Å². The van der Waals surface area contributed by atoms with E-state index in [1.165, 1.54) is 11.3 Å². The zero-order valence-electron chi connectivity index (χ0n) is 17.1. The van der Waals surface area contributed by atoms with Crippen molar-refractivity contribution in [1.29, 1.82) is 0 Å². The lowest BCUT2D eigenvalue weighted by Gasteiger charge is -2.34. The molecule has 4 heterocycles. The summed E-state index contributed by atoms with van der Waals surface area (Å²) in [5.74, 6) is 0. The summed E-state index contributed by atoms with van der Waals surface area (Å²) in [5.41, 5.74) is 5.57. The van der Waals surface area contributed by atoms with Gasteiger partial charge in [-0.1, -0.05) is 11.6 Å². The van der Waals surface area contributed by atoms with E-state index in [0.717, 1.165) is 61.1 Å². The average molecular weight is 390 g/mol. The van der Waals surface area contributed by atoms with E-state index in [0.29, 0.717) is 6.54 Å². The van der Waals surface area contributed by atoms with Crippen molar-refractivity contribution in [3.8, 4) is 11.3 Å². The highest BCUT2D eigenvalue weighted by Crippen LogP contribution is 2.43. The number of amides is 2. The van der Waals surface area contributed by atoms with E-state index in [2.05, 4.69) is 52.2 Å². The number of nitrogens with zero attached hydrogens (tertiary/aromatic N) is 4. The van der Waals surface area contributed by atoms with Crippen LogP contribution in [-0.2, 0) is 12.0 Å². The Bertz CT molecular complexity index is 1090. The minimum Gasteiger partial charge on any atom is -0.338 e. The summed E-state index contributed by atoms with van der Waals surface area (Å²) >= 11 is 0. The van der Waals surface area contributed by atoms with E-state index in [-0.39, 0.29) is 11.4 Å². The second kappa shape index (κ2) is 6.87. The number of nitrogens with one attached hydrogen (secondary N) is 1. The Morgan fingerprint density at radius 1 is 1.21 bits per heavy atom. The maximum Gasteiger partial charge on any atom is 0.317 e. The topological polar surface area (TPSA) is 63.1 Å². The third-order valence-corrected chi connectivity index (χ3v) is 6.45. The minimum absolute atomic E-state index is 0.0233. The molecule has 1 unspecified atom stereocenters. The standard InChI is InChI=1S/C23H27N5O/c1-3-24-22(29)27-10-8-23(15-27)7-4-9-28-21(23)13-20(26-28)18-12-17-11-16(2)5-6-19(17)25-14-18/h5-6,11-14H,3-4,7-10,15H2,1-2H3,(H,24,29). The van der Waals surface area contributed by atoms with Gasteiger partial charge in [0, 0.05) is 54.4 Å². The van der Waals surface area contributed by atoms with Crippen molar-refractivity contribution in [2.75, 3.05) is 19.6 Å². The summed E-state index contributed by atoms with van der Waals surface area (Å²) < 4.78 is 2.17. The van der Waals surface area contributed by atoms with E-state index in [1.807, 2.05) is 18.0 Å². The number of rotatable bonds is 2. The van der Waals surface area contributed by atoms with Gasteiger partial charge in [0.15, 0.2) is 0 Å². The van der Waals surface area contributed by atoms with E-state index in [4.69, 9.17) is 5.10 Å². The Morgan fingerprint density at radius 3 is 2.97 bits per heavy atom. The van der Waals surface area contributed by atoms with Crippen LogP contribution in [0.3, 0.4) is 0 Å². The Labute approximate surface area is 170 Å². The highest BCUT2D eigenvalue weighted by atomic mass is 16.2. The zero-order valence-corrected chi connectivity index (χ0v) is 17.1. The van der Waals surface area contributed by atoms with Gasteiger partial charge >= 0.3 is 6.03 Å². The lowest BCUT2D eigenvalue weighted by atomic mass is 9.77. The van der Waals surface area contributed by atoms with Crippen molar-refractivity contribution in [2.45, 2.75) is 45.1 Å². The highest BCUT2D eigenvalue weighted by Gasteiger charge is 2.45. The van der Waals surface area contributed by atoms with Crippen molar-refractivity contribution >= 4 is 16.9 Å². The van der Waals surface area contributed by atoms with E-state index >= 15 is 0 Å². The number of hydrogen-bond acceptors (Lipinski definition) is 3. The maximum atomic E-state index is 12.3. The fourth-order valence-electron chi connectivity index (χ4n) is 4.96. The molecule has 6 heteroatoms. The SMILES string of the molecule is CCNC(=O)N1CCC2(CCCn3nc(-c4cnc5ccc(C)cc5c4)cc32)C1. The third kappa shape index (κ3) is 3.07.